The molecule has 25 heteroatoms. The Bertz CT molecular complexity index is 2700. The minimum Gasteiger partial charge on any atom is -0.352 e. The van der Waals surface area contributed by atoms with Crippen LogP contribution in [0.5, 0.6) is 0 Å². The summed E-state index contributed by atoms with van der Waals surface area (Å²) in [5.41, 5.74) is 2.33. The average molecular weight is 1110 g/mol. The first-order chi connectivity index (χ1) is 33.7. The number of aliphatic carboxylic acids is 2. The fourth-order valence-corrected chi connectivity index (χ4v) is 10.5. The number of anilines is 1. The van der Waals surface area contributed by atoms with Crippen LogP contribution in [-0.4, -0.2) is 211 Å². The second-order valence-corrected chi connectivity index (χ2v) is 20.4. The number of hydrogen-bond donors (Lipinski definition) is 7. The number of carboxylic acids is 2. The Morgan fingerprint density at radius 1 is 0.831 bits per heavy atom. The van der Waals surface area contributed by atoms with Gasteiger partial charge in [0.15, 0.2) is 5.95 Å². The molecular weight excluding hydrogens is 1050 g/mol. The summed E-state index contributed by atoms with van der Waals surface area (Å²) in [7, 11) is -4.20. The van der Waals surface area contributed by atoms with Crippen molar-refractivity contribution in [3.63, 3.8) is 0 Å². The number of imidazole rings is 1. The van der Waals surface area contributed by atoms with Crippen LogP contribution in [0, 0.1) is 20.8 Å². The summed E-state index contributed by atoms with van der Waals surface area (Å²) in [5.74, 6) is -3.61. The summed E-state index contributed by atoms with van der Waals surface area (Å²) >= 11 is -0.337. The minimum absolute atomic E-state index is 0.000969. The molecule has 2 aromatic heterocycles. The molecule has 2 amide bonds. The maximum Gasteiger partial charge on any atom is 0.241 e. The summed E-state index contributed by atoms with van der Waals surface area (Å²) in [6.45, 7) is 8.58. The molecule has 0 unspecified atom stereocenters. The molecule has 0 radical (unpaired) electrons. The molecule has 0 spiro atoms. The number of fused-ring (bicyclic) bond motifs is 1. The number of carbonyl (C=O) groups excluding carboxylic acids is 4. The Hall–Kier alpha value is -5.70. The Labute approximate surface area is 426 Å². The van der Waals surface area contributed by atoms with Crippen LogP contribution in [0.2, 0.25) is 0 Å². The maximum absolute atomic E-state index is 14.0. The molecule has 2 aromatic carbocycles. The number of aryl methyl sites for hydroxylation is 4. The fraction of sp³-hybridized carbons (Fsp3) is 0.478. The zero-order chi connectivity index (χ0) is 51.8. The SMILES string of the molecule is CC(=O)[C@H](CNC(=O)c1cn(CCCNC(=O)CN2CCN(CC(=O)O)CCN(CC(=O)O)CCN(CC(=O)[O][InH2])CC2)c2cc(CNc3ncc[nH]3)ccc2c1=O)NS(=O)(=O)c1c(C)cc(C)cc1C. The van der Waals surface area contributed by atoms with Crippen molar-refractivity contribution in [1.82, 2.24) is 49.5 Å². The summed E-state index contributed by atoms with van der Waals surface area (Å²) in [6.07, 6.45) is 5.03. The van der Waals surface area contributed by atoms with Crippen LogP contribution in [0.3, 0.4) is 0 Å². The average Bonchev–Trinajstić information content (AvgIpc) is 3.83. The molecule has 4 aromatic rings. The van der Waals surface area contributed by atoms with E-state index in [2.05, 4.69) is 30.6 Å². The van der Waals surface area contributed by atoms with Gasteiger partial charge in [-0.2, -0.15) is 4.72 Å². The summed E-state index contributed by atoms with van der Waals surface area (Å²) < 4.78 is 36.4. The van der Waals surface area contributed by atoms with Gasteiger partial charge in [0.05, 0.1) is 16.5 Å². The molecule has 1 atom stereocenters. The number of H-pyrrole nitrogens is 1. The third-order valence-electron chi connectivity index (χ3n) is 12.0. The number of aromatic amines is 1. The zero-order valence-electron chi connectivity index (χ0n) is 40.8. The first-order valence-corrected chi connectivity index (χ1v) is 27.0. The number of pyridine rings is 1. The predicted molar refractivity (Wildman–Crippen MR) is 265 cm³/mol. The van der Waals surface area contributed by atoms with Crippen LogP contribution >= 0.6 is 0 Å². The summed E-state index contributed by atoms with van der Waals surface area (Å²) in [4.78, 5) is 104. The van der Waals surface area contributed by atoms with Crippen LogP contribution < -0.4 is 26.1 Å². The van der Waals surface area contributed by atoms with Crippen LogP contribution in [0.1, 0.15) is 46.0 Å². The van der Waals surface area contributed by atoms with Gasteiger partial charge in [-0.3, -0.25) is 19.2 Å². The van der Waals surface area contributed by atoms with Gasteiger partial charge in [0.1, 0.15) is 11.3 Å². The normalized spacial score (nSPS) is 15.3. The molecule has 1 fully saturated rings. The number of nitrogens with one attached hydrogen (secondary N) is 5. The van der Waals surface area contributed by atoms with E-state index in [-0.39, 0.29) is 111 Å². The third kappa shape index (κ3) is 17.2. The third-order valence-corrected chi connectivity index (χ3v) is 15.0. The smallest absolute Gasteiger partial charge is 0.241 e. The first-order valence-electron chi connectivity index (χ1n) is 23.2. The number of Topliss-reactive ketones (excluding diaryl/α,β-unsaturated/α-hetero) is 1. The van der Waals surface area contributed by atoms with Gasteiger partial charge >= 0.3 is 187 Å². The van der Waals surface area contributed by atoms with E-state index in [9.17, 15) is 52.2 Å². The molecule has 71 heavy (non-hydrogen) atoms. The number of benzene rings is 2. The first kappa shape index (κ1) is 56.2. The van der Waals surface area contributed by atoms with E-state index in [1.807, 2.05) is 22.8 Å². The molecule has 7 N–H and O–H groups in total. The van der Waals surface area contributed by atoms with Crippen molar-refractivity contribution in [3.8, 4) is 0 Å². The van der Waals surface area contributed by atoms with E-state index in [4.69, 9.17) is 2.85 Å². The largest absolute Gasteiger partial charge is 0.352 e. The Kier molecular flexibility index (Phi) is 21.1. The maximum atomic E-state index is 14.0. The van der Waals surface area contributed by atoms with Crippen LogP contribution in [0.15, 0.2) is 58.6 Å². The number of nitrogens with zero attached hydrogens (tertiary/aromatic N) is 6. The van der Waals surface area contributed by atoms with E-state index in [1.54, 1.807) is 64.9 Å². The second kappa shape index (κ2) is 26.7. The number of amides is 2. The molecular formula is C46H64InN11O12S. The van der Waals surface area contributed by atoms with E-state index >= 15 is 0 Å². The van der Waals surface area contributed by atoms with E-state index in [0.717, 1.165) is 11.1 Å². The minimum atomic E-state index is -4.20. The number of ketones is 1. The van der Waals surface area contributed by atoms with Gasteiger partial charge in [-0.05, 0) is 56.5 Å². The zero-order valence-corrected chi connectivity index (χ0v) is 47.3. The number of rotatable bonds is 22. The van der Waals surface area contributed by atoms with Gasteiger partial charge in [-0.15, -0.1) is 0 Å². The summed E-state index contributed by atoms with van der Waals surface area (Å²) in [6, 6.07) is 7.26. The van der Waals surface area contributed by atoms with Crippen molar-refractivity contribution in [2.75, 3.05) is 96.9 Å². The standard InChI is InChI=1S/C46H63N11O12S.In.2H/c1-30-20-31(2)44(32(3)21-30)70(68,69)52-37(33(4)58)24-50-45(67)36-25-57(38-22-34(6-7-35(38)43(36)66)23-51-46-48-9-10-49-46)11-5-8-47-39(59)26-53-12-14-54(27-40(60)61)16-18-56(29-42(64)65)19-17-55(15-13-53)28-41(62)63;;;/h6-7,9-10,20-22,25,37,52H,5,8,11-19,23-24,26-29H2,1-4H3,(H,47,59)(H,50,67)(H,60,61)(H,62,63)(H,64,65)(H2,48,49,51);;;/q;+1;;/p-1/t37-;;;/m0.../s1. The number of hydrogen-bond acceptors (Lipinski definition) is 16. The number of aromatic nitrogens is 3. The number of sulfonamides is 1. The molecule has 23 nitrogen and oxygen atoms in total. The van der Waals surface area contributed by atoms with Gasteiger partial charge in [-0.25, -0.2) is 13.4 Å². The van der Waals surface area contributed by atoms with Gasteiger partial charge in [-0.1, -0.05) is 23.8 Å². The predicted octanol–water partition coefficient (Wildman–Crippen LogP) is -1.08. The van der Waals surface area contributed by atoms with Gasteiger partial charge in [0.25, 0.3) is 5.91 Å². The van der Waals surface area contributed by atoms with E-state index in [1.165, 1.54) is 13.1 Å². The molecule has 384 valence electrons. The topological polar surface area (TPSA) is 298 Å². The van der Waals surface area contributed by atoms with Crippen molar-refractivity contribution in [2.24, 2.45) is 0 Å². The Balaban J connectivity index is 1.31. The van der Waals surface area contributed by atoms with Gasteiger partial charge < -0.3 is 25.3 Å². The van der Waals surface area contributed by atoms with Crippen molar-refractivity contribution in [3.05, 3.63) is 87.0 Å². The van der Waals surface area contributed by atoms with Gasteiger partial charge in [0.2, 0.25) is 15.5 Å². The molecule has 0 bridgehead atoms. The van der Waals surface area contributed by atoms with E-state index < -0.39 is 51.7 Å². The van der Waals surface area contributed by atoms with Crippen molar-refractivity contribution >= 4 is 87.2 Å². The van der Waals surface area contributed by atoms with E-state index in [0.29, 0.717) is 68.3 Å². The van der Waals surface area contributed by atoms with Crippen molar-refractivity contribution in [2.45, 2.75) is 58.1 Å². The fourth-order valence-electron chi connectivity index (χ4n) is 8.41. The second-order valence-electron chi connectivity index (χ2n) is 17.6. The number of carboxylic acid groups (broad SMARTS) is 2. The quantitative estimate of drug-likeness (QED) is 0.0461. The molecule has 0 saturated carbocycles. The molecule has 3 heterocycles. The summed E-state index contributed by atoms with van der Waals surface area (Å²) in [5, 5.41) is 28.0. The molecule has 1 aliphatic rings. The van der Waals surface area contributed by atoms with Crippen LogP contribution in [-0.2, 0) is 49.9 Å². The van der Waals surface area contributed by atoms with Gasteiger partial charge in [0, 0.05) is 43.6 Å². The molecule has 1 saturated heterocycles. The monoisotopic (exact) mass is 1110 g/mol. The number of carbonyl (C=O) groups is 6. The Morgan fingerprint density at radius 3 is 1.94 bits per heavy atom. The van der Waals surface area contributed by atoms with Crippen molar-refractivity contribution < 1.29 is 50.3 Å². The molecule has 0 aliphatic carbocycles. The van der Waals surface area contributed by atoms with Crippen molar-refractivity contribution in [1.29, 1.82) is 0 Å². The van der Waals surface area contributed by atoms with Crippen LogP contribution in [0.25, 0.3) is 10.9 Å². The molecule has 5 rings (SSSR count). The molecule has 1 aliphatic heterocycles. The van der Waals surface area contributed by atoms with Crippen LogP contribution in [0.4, 0.5) is 5.95 Å². The Morgan fingerprint density at radius 2 is 1.41 bits per heavy atom.